The van der Waals surface area contributed by atoms with Gasteiger partial charge in [-0.2, -0.15) is 0 Å². The van der Waals surface area contributed by atoms with Gasteiger partial charge in [-0.25, -0.2) is 9.97 Å². The molecule has 0 unspecified atom stereocenters. The van der Waals surface area contributed by atoms with Crippen molar-refractivity contribution in [1.82, 2.24) is 25.0 Å². The molecule has 2 rings (SSSR count). The average Bonchev–Trinajstić information content (AvgIpc) is 2.91. The Balaban J connectivity index is 1.95. The second-order valence-corrected chi connectivity index (χ2v) is 3.75. The predicted molar refractivity (Wildman–Crippen MR) is 69.5 cm³/mol. The van der Waals surface area contributed by atoms with Gasteiger partial charge in [0, 0.05) is 32.3 Å². The second kappa shape index (κ2) is 5.95. The zero-order chi connectivity index (χ0) is 12.8. The number of aryl methyl sites for hydroxylation is 1. The van der Waals surface area contributed by atoms with Crippen molar-refractivity contribution in [1.29, 1.82) is 0 Å². The summed E-state index contributed by atoms with van der Waals surface area (Å²) in [5.74, 6) is 2.47. The monoisotopic (exact) mass is 247 g/mol. The summed E-state index contributed by atoms with van der Waals surface area (Å²) in [5, 5.41) is 13.9. The van der Waals surface area contributed by atoms with Gasteiger partial charge in [-0.15, -0.1) is 5.10 Å². The molecule has 0 radical (unpaired) electrons. The third-order valence-corrected chi connectivity index (χ3v) is 2.46. The zero-order valence-electron chi connectivity index (χ0n) is 10.6. The van der Waals surface area contributed by atoms with Crippen molar-refractivity contribution in [3.05, 3.63) is 24.3 Å². The fraction of sp³-hybridized carbons (Fsp3) is 0.455. The van der Waals surface area contributed by atoms with Crippen LogP contribution in [-0.4, -0.2) is 38.6 Å². The summed E-state index contributed by atoms with van der Waals surface area (Å²) >= 11 is 0. The van der Waals surface area contributed by atoms with E-state index in [1.807, 2.05) is 26.2 Å². The van der Waals surface area contributed by atoms with E-state index >= 15 is 0 Å². The molecule has 0 aromatic carbocycles. The van der Waals surface area contributed by atoms with Crippen molar-refractivity contribution in [2.24, 2.45) is 0 Å². The first-order chi connectivity index (χ1) is 8.81. The first-order valence-corrected chi connectivity index (χ1v) is 5.95. The molecule has 2 aromatic rings. The van der Waals surface area contributed by atoms with Crippen molar-refractivity contribution in [3.8, 4) is 0 Å². The van der Waals surface area contributed by atoms with Gasteiger partial charge in [0.25, 0.3) is 0 Å². The molecule has 0 aliphatic heterocycles. The smallest absolute Gasteiger partial charge is 0.132 e. The molecule has 7 heteroatoms. The van der Waals surface area contributed by atoms with Crippen LogP contribution < -0.4 is 10.6 Å². The molecule has 2 heterocycles. The van der Waals surface area contributed by atoms with E-state index in [0.29, 0.717) is 0 Å². The van der Waals surface area contributed by atoms with Gasteiger partial charge in [-0.05, 0) is 0 Å². The summed E-state index contributed by atoms with van der Waals surface area (Å²) in [5.41, 5.74) is 0. The lowest BCUT2D eigenvalue weighted by Crippen LogP contribution is -2.13. The van der Waals surface area contributed by atoms with E-state index in [0.717, 1.165) is 37.0 Å². The Kier molecular flexibility index (Phi) is 4.06. The van der Waals surface area contributed by atoms with Crippen LogP contribution in [0.15, 0.2) is 18.5 Å². The van der Waals surface area contributed by atoms with Crippen LogP contribution >= 0.6 is 0 Å². The Bertz CT molecular complexity index is 458. The summed E-state index contributed by atoms with van der Waals surface area (Å²) in [6.07, 6.45) is 4.31. The molecule has 7 nitrogen and oxygen atoms in total. The summed E-state index contributed by atoms with van der Waals surface area (Å²) in [6, 6.07) is 1.89. The van der Waals surface area contributed by atoms with Gasteiger partial charge >= 0.3 is 0 Å². The molecular weight excluding hydrogens is 230 g/mol. The van der Waals surface area contributed by atoms with Crippen LogP contribution in [0, 0.1) is 0 Å². The predicted octanol–water partition coefficient (Wildman–Crippen LogP) is 0.784. The van der Waals surface area contributed by atoms with Gasteiger partial charge in [0.05, 0.1) is 12.7 Å². The van der Waals surface area contributed by atoms with Crippen LogP contribution in [0.25, 0.3) is 0 Å². The van der Waals surface area contributed by atoms with Gasteiger partial charge in [-0.1, -0.05) is 12.1 Å². The highest BCUT2D eigenvalue weighted by atomic mass is 15.4. The van der Waals surface area contributed by atoms with Crippen molar-refractivity contribution < 1.29 is 0 Å². The van der Waals surface area contributed by atoms with Crippen molar-refractivity contribution in [2.75, 3.05) is 24.2 Å². The Morgan fingerprint density at radius 1 is 1.28 bits per heavy atom. The van der Waals surface area contributed by atoms with E-state index in [9.17, 15) is 0 Å². The molecule has 0 spiro atoms. The number of hydrogen-bond donors (Lipinski definition) is 2. The molecule has 0 saturated heterocycles. The number of rotatable bonds is 6. The lowest BCUT2D eigenvalue weighted by molar-refractivity contribution is 0.608. The fourth-order valence-electron chi connectivity index (χ4n) is 1.52. The molecule has 2 aromatic heterocycles. The topological polar surface area (TPSA) is 80.5 Å². The van der Waals surface area contributed by atoms with E-state index in [-0.39, 0.29) is 0 Å². The normalized spacial score (nSPS) is 10.3. The molecular formula is C11H17N7. The molecule has 2 N–H and O–H groups in total. The zero-order valence-corrected chi connectivity index (χ0v) is 10.6. The fourth-order valence-corrected chi connectivity index (χ4v) is 1.52. The number of hydrogen-bond acceptors (Lipinski definition) is 6. The van der Waals surface area contributed by atoms with E-state index in [4.69, 9.17) is 0 Å². The maximum Gasteiger partial charge on any atom is 0.132 e. The maximum absolute atomic E-state index is 4.41. The highest BCUT2D eigenvalue weighted by Crippen LogP contribution is 2.10. The lowest BCUT2D eigenvalue weighted by atomic mass is 10.4. The molecule has 0 bridgehead atoms. The van der Waals surface area contributed by atoms with E-state index in [1.54, 1.807) is 10.9 Å². The van der Waals surface area contributed by atoms with E-state index < -0.39 is 0 Å². The number of aromatic nitrogens is 5. The molecule has 0 amide bonds. The minimum atomic E-state index is 0.743. The second-order valence-electron chi connectivity index (χ2n) is 3.75. The van der Waals surface area contributed by atoms with Crippen LogP contribution in [0.5, 0.6) is 0 Å². The first kappa shape index (κ1) is 12.3. The molecule has 18 heavy (non-hydrogen) atoms. The van der Waals surface area contributed by atoms with Crippen LogP contribution in [0.2, 0.25) is 0 Å². The standard InChI is InChI=1S/C11H17N7/c1-3-9-15-10(12-2)8-11(16-9)13-4-6-18-7-5-14-17-18/h5,7-8H,3-4,6H2,1-2H3,(H2,12,13,15,16). The number of anilines is 2. The molecule has 0 aliphatic rings. The highest BCUT2D eigenvalue weighted by molar-refractivity contribution is 5.47. The van der Waals surface area contributed by atoms with Gasteiger partial charge in [0.15, 0.2) is 0 Å². The number of nitrogens with zero attached hydrogens (tertiary/aromatic N) is 5. The third-order valence-electron chi connectivity index (χ3n) is 2.46. The largest absolute Gasteiger partial charge is 0.373 e. The van der Waals surface area contributed by atoms with E-state index in [1.165, 1.54) is 0 Å². The molecule has 0 saturated carbocycles. The third kappa shape index (κ3) is 3.16. The van der Waals surface area contributed by atoms with Crippen LogP contribution in [0.3, 0.4) is 0 Å². The number of nitrogens with one attached hydrogen (secondary N) is 2. The summed E-state index contributed by atoms with van der Waals surface area (Å²) in [4.78, 5) is 8.75. The average molecular weight is 247 g/mol. The maximum atomic E-state index is 4.41. The SMILES string of the molecule is CCc1nc(NC)cc(NCCn2ccnn2)n1. The highest BCUT2D eigenvalue weighted by Gasteiger charge is 2.02. The Labute approximate surface area is 106 Å². The van der Waals surface area contributed by atoms with Crippen molar-refractivity contribution >= 4 is 11.6 Å². The van der Waals surface area contributed by atoms with Gasteiger partial charge in [-0.3, -0.25) is 4.68 Å². The van der Waals surface area contributed by atoms with Gasteiger partial charge in [0.1, 0.15) is 17.5 Å². The lowest BCUT2D eigenvalue weighted by Gasteiger charge is -2.08. The Hall–Kier alpha value is -2.18. The first-order valence-electron chi connectivity index (χ1n) is 5.95. The molecule has 0 aliphatic carbocycles. The summed E-state index contributed by atoms with van der Waals surface area (Å²) < 4.78 is 1.77. The van der Waals surface area contributed by atoms with Crippen LogP contribution in [0.1, 0.15) is 12.7 Å². The molecule has 96 valence electrons. The Morgan fingerprint density at radius 2 is 2.11 bits per heavy atom. The van der Waals surface area contributed by atoms with Gasteiger partial charge < -0.3 is 10.6 Å². The van der Waals surface area contributed by atoms with Crippen molar-refractivity contribution in [3.63, 3.8) is 0 Å². The van der Waals surface area contributed by atoms with Gasteiger partial charge in [0.2, 0.25) is 0 Å². The summed E-state index contributed by atoms with van der Waals surface area (Å²) in [7, 11) is 1.85. The van der Waals surface area contributed by atoms with E-state index in [2.05, 4.69) is 30.9 Å². The minimum absolute atomic E-state index is 0.743. The molecule has 0 atom stereocenters. The minimum Gasteiger partial charge on any atom is -0.373 e. The Morgan fingerprint density at radius 3 is 2.78 bits per heavy atom. The van der Waals surface area contributed by atoms with Crippen LogP contribution in [0.4, 0.5) is 11.6 Å². The molecule has 0 fully saturated rings. The summed E-state index contributed by atoms with van der Waals surface area (Å²) in [6.45, 7) is 3.53. The van der Waals surface area contributed by atoms with Crippen molar-refractivity contribution in [2.45, 2.75) is 19.9 Å². The van der Waals surface area contributed by atoms with Crippen LogP contribution in [-0.2, 0) is 13.0 Å². The quantitative estimate of drug-likeness (QED) is 0.785.